The minimum absolute atomic E-state index is 0.757. The van der Waals surface area contributed by atoms with E-state index in [0.717, 1.165) is 24.3 Å². The summed E-state index contributed by atoms with van der Waals surface area (Å²) in [6, 6.07) is 2.05. The van der Waals surface area contributed by atoms with Gasteiger partial charge in [0.05, 0.1) is 10.5 Å². The Morgan fingerprint density at radius 3 is 1.94 bits per heavy atom. The first kappa shape index (κ1) is 25.4. The fraction of sp³-hybridized carbons (Fsp3) is 0.267. The first-order chi connectivity index (χ1) is 14.4. The third-order valence-corrected chi connectivity index (χ3v) is 4.70. The van der Waals surface area contributed by atoms with E-state index in [9.17, 15) is 57.9 Å². The van der Waals surface area contributed by atoms with Crippen LogP contribution in [-0.2, 0) is 0 Å². The van der Waals surface area contributed by atoms with Crippen molar-refractivity contribution in [3.05, 3.63) is 46.4 Å². The van der Waals surface area contributed by atoms with Crippen LogP contribution in [0.4, 0.5) is 53.1 Å². The Hall–Kier alpha value is -2.85. The molecule has 3 amide bonds. The highest BCUT2D eigenvalue weighted by Crippen LogP contribution is 2.59. The lowest BCUT2D eigenvalue weighted by Crippen LogP contribution is -2.55. The lowest BCUT2D eigenvalue weighted by molar-refractivity contribution is -0.280. The number of carbonyl (C=O) groups is 2. The largest absolute Gasteiger partial charge is 0.443 e. The minimum Gasteiger partial charge on any atom is -0.286 e. The second kappa shape index (κ2) is 8.25. The average Bonchev–Trinajstić information content (AvgIpc) is 3.00. The number of urea groups is 1. The molecule has 0 radical (unpaired) electrons. The Morgan fingerprint density at radius 1 is 0.938 bits per heavy atom. The number of thioether (sulfide) groups is 1. The monoisotopic (exact) mass is 501 g/mol. The van der Waals surface area contributed by atoms with Crippen LogP contribution in [0, 0.1) is 5.82 Å². The van der Waals surface area contributed by atoms with Gasteiger partial charge in [-0.05, 0) is 12.1 Å². The summed E-state index contributed by atoms with van der Waals surface area (Å²) >= 11 is -1.10. The highest BCUT2D eigenvalue weighted by molar-refractivity contribution is 8.17. The number of halogens is 11. The first-order valence-electron chi connectivity index (χ1n) is 7.67. The zero-order valence-electron chi connectivity index (χ0n) is 14.6. The van der Waals surface area contributed by atoms with E-state index in [1.54, 1.807) is 0 Å². The van der Waals surface area contributed by atoms with E-state index >= 15 is 0 Å². The highest BCUT2D eigenvalue weighted by Gasteiger charge is 2.77. The summed E-state index contributed by atoms with van der Waals surface area (Å²) < 4.78 is 144. The molecular weight excluding hydrogens is 495 g/mol. The van der Waals surface area contributed by atoms with Gasteiger partial charge >= 0.3 is 24.6 Å². The van der Waals surface area contributed by atoms with E-state index < -0.39 is 75.0 Å². The minimum atomic E-state index is -6.61. The number of allylic oxidation sites excluding steroid dienone is 1. The van der Waals surface area contributed by atoms with Gasteiger partial charge in [0.1, 0.15) is 5.82 Å². The van der Waals surface area contributed by atoms with Gasteiger partial charge in [0.25, 0.3) is 11.4 Å². The van der Waals surface area contributed by atoms with Gasteiger partial charge in [0.2, 0.25) is 5.83 Å². The van der Waals surface area contributed by atoms with Crippen LogP contribution in [0.15, 0.2) is 40.0 Å². The molecule has 0 fully saturated rings. The molecular formula is C15H6F11N3O2S. The van der Waals surface area contributed by atoms with Crippen LogP contribution in [0.3, 0.4) is 0 Å². The lowest BCUT2D eigenvalue weighted by Gasteiger charge is -2.31. The molecule has 2 N–H and O–H groups in total. The van der Waals surface area contributed by atoms with Crippen molar-refractivity contribution in [3.8, 4) is 0 Å². The number of hydrogen-bond donors (Lipinski definition) is 2. The number of nitrogens with zero attached hydrogens (tertiary/aromatic N) is 1. The van der Waals surface area contributed by atoms with Crippen LogP contribution in [0.5, 0.6) is 0 Å². The zero-order valence-corrected chi connectivity index (χ0v) is 15.5. The molecule has 0 atom stereocenters. The number of nitrogens with one attached hydrogen (secondary N) is 2. The standard InChI is InChI=1S/C15H6F11N3O2S/c16-6-4-2-1-3-5(6)9(30)27-10(31)28-11-29-12(14(21,22)23,15(24,25)26)8(32-11)7(17)13(18,19)20/h1-4H,(H2,27,28,29,30,31)/b8-7+. The van der Waals surface area contributed by atoms with Crippen LogP contribution >= 0.6 is 11.8 Å². The average molecular weight is 501 g/mol. The number of carbonyl (C=O) groups excluding carboxylic acids is 2. The van der Waals surface area contributed by atoms with Crippen molar-refractivity contribution in [2.75, 3.05) is 0 Å². The predicted octanol–water partition coefficient (Wildman–Crippen LogP) is 4.97. The van der Waals surface area contributed by atoms with Crippen LogP contribution in [-0.4, -0.2) is 41.2 Å². The van der Waals surface area contributed by atoms with E-state index in [4.69, 9.17) is 0 Å². The maximum absolute atomic E-state index is 13.6. The third kappa shape index (κ3) is 4.66. The Morgan fingerprint density at radius 2 is 1.47 bits per heavy atom. The topological polar surface area (TPSA) is 70.6 Å². The Kier molecular flexibility index (Phi) is 6.55. The third-order valence-electron chi connectivity index (χ3n) is 3.63. The Balaban J connectivity index is 2.44. The molecule has 0 aromatic heterocycles. The molecule has 17 heteroatoms. The van der Waals surface area contributed by atoms with Crippen LogP contribution < -0.4 is 10.6 Å². The number of amides is 3. The quantitative estimate of drug-likeness (QED) is 0.534. The molecule has 1 aromatic rings. The Bertz CT molecular complexity index is 982. The van der Waals surface area contributed by atoms with Crippen molar-refractivity contribution in [1.82, 2.24) is 10.6 Å². The summed E-state index contributed by atoms with van der Waals surface area (Å²) in [5, 5.41) is 0.755. The van der Waals surface area contributed by atoms with E-state index in [1.165, 1.54) is 10.6 Å². The maximum Gasteiger partial charge on any atom is 0.443 e. The van der Waals surface area contributed by atoms with Crippen molar-refractivity contribution < 1.29 is 57.9 Å². The van der Waals surface area contributed by atoms with Crippen LogP contribution in [0.1, 0.15) is 10.4 Å². The van der Waals surface area contributed by atoms with Gasteiger partial charge in [-0.3, -0.25) is 15.4 Å². The molecule has 1 aromatic carbocycles. The molecule has 1 aliphatic heterocycles. The lowest BCUT2D eigenvalue weighted by atomic mass is 9.97. The highest BCUT2D eigenvalue weighted by atomic mass is 32.2. The van der Waals surface area contributed by atoms with Gasteiger partial charge in [-0.15, -0.1) is 0 Å². The normalized spacial score (nSPS) is 18.2. The molecule has 0 saturated carbocycles. The van der Waals surface area contributed by atoms with Crippen molar-refractivity contribution in [1.29, 1.82) is 0 Å². The number of imide groups is 1. The van der Waals surface area contributed by atoms with E-state index in [-0.39, 0.29) is 0 Å². The van der Waals surface area contributed by atoms with E-state index in [1.807, 2.05) is 0 Å². The molecule has 0 saturated heterocycles. The van der Waals surface area contributed by atoms with Gasteiger partial charge < -0.3 is 0 Å². The van der Waals surface area contributed by atoms with Gasteiger partial charge in [0, 0.05) is 0 Å². The van der Waals surface area contributed by atoms with Crippen molar-refractivity contribution in [2.24, 2.45) is 4.99 Å². The molecule has 1 aliphatic rings. The summed E-state index contributed by atoms with van der Waals surface area (Å²) in [6.07, 6.45) is -19.5. The smallest absolute Gasteiger partial charge is 0.286 e. The molecule has 2 rings (SSSR count). The number of benzene rings is 1. The number of hydrogen-bond acceptors (Lipinski definition) is 4. The second-order valence-corrected chi connectivity index (χ2v) is 6.75. The number of aliphatic imine (C=N–C) groups is 1. The molecule has 0 unspecified atom stereocenters. The van der Waals surface area contributed by atoms with E-state index in [2.05, 4.69) is 4.99 Å². The van der Waals surface area contributed by atoms with Gasteiger partial charge in [-0.2, -0.15) is 39.5 Å². The summed E-state index contributed by atoms with van der Waals surface area (Å²) in [5.41, 5.74) is -6.44. The molecule has 0 bridgehead atoms. The summed E-state index contributed by atoms with van der Waals surface area (Å²) in [7, 11) is 0. The summed E-state index contributed by atoms with van der Waals surface area (Å²) in [5.74, 6) is -6.39. The van der Waals surface area contributed by atoms with Gasteiger partial charge in [-0.1, -0.05) is 23.9 Å². The molecule has 5 nitrogen and oxygen atoms in total. The molecule has 176 valence electrons. The fourth-order valence-corrected chi connectivity index (χ4v) is 3.42. The molecule has 1 heterocycles. The molecule has 32 heavy (non-hydrogen) atoms. The van der Waals surface area contributed by atoms with Crippen LogP contribution in [0.2, 0.25) is 0 Å². The van der Waals surface area contributed by atoms with Gasteiger partial charge in [-0.25, -0.2) is 18.6 Å². The van der Waals surface area contributed by atoms with Crippen molar-refractivity contribution in [2.45, 2.75) is 24.1 Å². The summed E-state index contributed by atoms with van der Waals surface area (Å²) in [6.45, 7) is 0. The SMILES string of the molecule is O=C(NC(=O)c1ccccc1F)NC1=NC(C(F)(F)F)(C(F)(F)F)/C(=C(\F)C(F)(F)F)S1. The van der Waals surface area contributed by atoms with E-state index in [0.29, 0.717) is 0 Å². The van der Waals surface area contributed by atoms with Crippen LogP contribution in [0.25, 0.3) is 0 Å². The second-order valence-electron chi connectivity index (χ2n) is 5.75. The first-order valence-corrected chi connectivity index (χ1v) is 8.49. The fourth-order valence-electron chi connectivity index (χ4n) is 2.27. The Labute approximate surface area is 173 Å². The maximum atomic E-state index is 13.6. The number of amidine groups is 1. The zero-order chi connectivity index (χ0) is 24.7. The summed E-state index contributed by atoms with van der Waals surface area (Å²) in [4.78, 5) is 22.6. The number of rotatable bonds is 1. The van der Waals surface area contributed by atoms with Gasteiger partial charge in [0.15, 0.2) is 5.17 Å². The predicted molar refractivity (Wildman–Crippen MR) is 86.5 cm³/mol. The van der Waals surface area contributed by atoms with Crippen molar-refractivity contribution >= 4 is 28.9 Å². The molecule has 0 spiro atoms. The molecule has 0 aliphatic carbocycles. The number of alkyl halides is 9. The van der Waals surface area contributed by atoms with Crippen molar-refractivity contribution in [3.63, 3.8) is 0 Å².